The average Bonchev–Trinajstić information content (AvgIpc) is 3.31. The summed E-state index contributed by atoms with van der Waals surface area (Å²) in [4.78, 5) is 17.2. The molecule has 136 valence electrons. The van der Waals surface area contributed by atoms with Gasteiger partial charge in [-0.15, -0.1) is 0 Å². The number of hydrogen-bond acceptors (Lipinski definition) is 6. The largest absolute Gasteiger partial charge is 0.461 e. The Morgan fingerprint density at radius 1 is 1.28 bits per heavy atom. The van der Waals surface area contributed by atoms with Gasteiger partial charge in [0, 0.05) is 44.3 Å². The lowest BCUT2D eigenvalue weighted by Crippen LogP contribution is -2.58. The molecule has 0 unspecified atom stereocenters. The van der Waals surface area contributed by atoms with Crippen LogP contribution in [0.1, 0.15) is 31.3 Å². The Morgan fingerprint density at radius 3 is 2.68 bits per heavy atom. The summed E-state index contributed by atoms with van der Waals surface area (Å²) in [5, 5.41) is 6.81. The molecule has 0 spiro atoms. The molecule has 7 heteroatoms. The molecular formula is C18H26N4O3. The first kappa shape index (κ1) is 17.7. The highest BCUT2D eigenvalue weighted by Gasteiger charge is 2.30. The van der Waals surface area contributed by atoms with Crippen LogP contribution in [0.15, 0.2) is 33.4 Å². The predicted octanol–water partition coefficient (Wildman–Crippen LogP) is 2.08. The van der Waals surface area contributed by atoms with Crippen LogP contribution < -0.4 is 5.32 Å². The summed E-state index contributed by atoms with van der Waals surface area (Å²) in [5.41, 5.74) is 0.154. The molecule has 0 radical (unpaired) electrons. The van der Waals surface area contributed by atoms with Crippen LogP contribution in [0.25, 0.3) is 11.5 Å². The molecule has 25 heavy (non-hydrogen) atoms. The number of hydrogen-bond donors (Lipinski definition) is 1. The van der Waals surface area contributed by atoms with Gasteiger partial charge < -0.3 is 19.2 Å². The number of carbonyl (C=O) groups is 1. The Morgan fingerprint density at radius 2 is 2.04 bits per heavy atom. The Labute approximate surface area is 147 Å². The number of amides is 1. The van der Waals surface area contributed by atoms with E-state index in [1.54, 1.807) is 24.5 Å². The maximum Gasteiger partial charge on any atom is 0.273 e. The van der Waals surface area contributed by atoms with Crippen LogP contribution in [0.3, 0.4) is 0 Å². The van der Waals surface area contributed by atoms with Crippen LogP contribution >= 0.6 is 0 Å². The van der Waals surface area contributed by atoms with Crippen LogP contribution in [-0.4, -0.2) is 65.7 Å². The summed E-state index contributed by atoms with van der Waals surface area (Å²) in [5.74, 6) is 0.771. The van der Waals surface area contributed by atoms with Gasteiger partial charge in [0.05, 0.1) is 6.26 Å². The number of nitrogens with zero attached hydrogens (tertiary/aromatic N) is 3. The molecule has 7 nitrogen and oxygen atoms in total. The van der Waals surface area contributed by atoms with Crippen LogP contribution in [-0.2, 0) is 0 Å². The van der Waals surface area contributed by atoms with Gasteiger partial charge in [-0.25, -0.2) is 0 Å². The zero-order chi connectivity index (χ0) is 17.9. The molecule has 1 fully saturated rings. The van der Waals surface area contributed by atoms with Crippen molar-refractivity contribution in [2.45, 2.75) is 26.3 Å². The average molecular weight is 346 g/mol. The van der Waals surface area contributed by atoms with E-state index < -0.39 is 0 Å². The lowest BCUT2D eigenvalue weighted by atomic mass is 10.0. The van der Waals surface area contributed by atoms with Gasteiger partial charge in [-0.3, -0.25) is 9.69 Å². The van der Waals surface area contributed by atoms with Gasteiger partial charge in [0.15, 0.2) is 11.5 Å². The van der Waals surface area contributed by atoms with E-state index in [0.29, 0.717) is 18.1 Å². The minimum atomic E-state index is -0.234. The summed E-state index contributed by atoms with van der Waals surface area (Å²) in [6.45, 7) is 12.3. The number of carbonyl (C=O) groups excluding carboxylic acids is 1. The van der Waals surface area contributed by atoms with Crippen molar-refractivity contribution in [2.24, 2.45) is 0 Å². The number of piperazine rings is 1. The summed E-state index contributed by atoms with van der Waals surface area (Å²) in [6, 6.07) is 5.13. The van der Waals surface area contributed by atoms with Gasteiger partial charge in [0.1, 0.15) is 0 Å². The van der Waals surface area contributed by atoms with E-state index in [1.165, 1.54) is 0 Å². The Bertz CT molecular complexity index is 685. The van der Waals surface area contributed by atoms with Crippen molar-refractivity contribution >= 4 is 5.91 Å². The molecule has 1 saturated heterocycles. The second-order valence-electron chi connectivity index (χ2n) is 6.97. The standard InChI is InChI=1S/C18H26N4O3/c1-4-21-7-9-22(10-8-21)18(2,3)13-19-17(23)14-12-16(25-20-14)15-6-5-11-24-15/h5-6,11-12H,4,7-10,13H2,1-3H3,(H,19,23). The molecule has 1 aliphatic rings. The van der Waals surface area contributed by atoms with Crippen molar-refractivity contribution in [1.82, 2.24) is 20.3 Å². The molecule has 3 rings (SSSR count). The quantitative estimate of drug-likeness (QED) is 0.863. The number of rotatable bonds is 6. The highest BCUT2D eigenvalue weighted by Crippen LogP contribution is 2.21. The van der Waals surface area contributed by atoms with Crippen LogP contribution in [0.5, 0.6) is 0 Å². The minimum absolute atomic E-state index is 0.108. The number of aromatic nitrogens is 1. The molecule has 3 heterocycles. The molecule has 0 saturated carbocycles. The highest BCUT2D eigenvalue weighted by atomic mass is 16.5. The summed E-state index contributed by atoms with van der Waals surface area (Å²) in [7, 11) is 0. The van der Waals surface area contributed by atoms with Gasteiger partial charge in [-0.1, -0.05) is 12.1 Å². The lowest BCUT2D eigenvalue weighted by Gasteiger charge is -2.44. The number of nitrogens with one attached hydrogen (secondary N) is 1. The molecule has 1 aliphatic heterocycles. The van der Waals surface area contributed by atoms with E-state index in [4.69, 9.17) is 8.94 Å². The zero-order valence-corrected chi connectivity index (χ0v) is 15.1. The van der Waals surface area contributed by atoms with Crippen molar-refractivity contribution in [1.29, 1.82) is 0 Å². The smallest absolute Gasteiger partial charge is 0.273 e. The third-order valence-electron chi connectivity index (χ3n) is 4.86. The minimum Gasteiger partial charge on any atom is -0.461 e. The van der Waals surface area contributed by atoms with Gasteiger partial charge >= 0.3 is 0 Å². The summed E-state index contributed by atoms with van der Waals surface area (Å²) in [6.07, 6.45) is 1.55. The first-order chi connectivity index (χ1) is 12.0. The SMILES string of the molecule is CCN1CCN(C(C)(C)CNC(=O)c2cc(-c3ccco3)on2)CC1. The van der Waals surface area contributed by atoms with Crippen LogP contribution in [0.2, 0.25) is 0 Å². The summed E-state index contributed by atoms with van der Waals surface area (Å²) < 4.78 is 10.4. The Hall–Kier alpha value is -2.12. The van der Waals surface area contributed by atoms with Crippen molar-refractivity contribution in [3.8, 4) is 11.5 Å². The highest BCUT2D eigenvalue weighted by molar-refractivity contribution is 5.92. The Balaban J connectivity index is 1.54. The molecule has 2 aromatic rings. The first-order valence-corrected chi connectivity index (χ1v) is 8.76. The first-order valence-electron chi connectivity index (χ1n) is 8.76. The third kappa shape index (κ3) is 4.11. The normalized spacial score (nSPS) is 16.9. The summed E-state index contributed by atoms with van der Waals surface area (Å²) >= 11 is 0. The monoisotopic (exact) mass is 346 g/mol. The van der Waals surface area contributed by atoms with E-state index in [9.17, 15) is 4.79 Å². The maximum atomic E-state index is 12.4. The fourth-order valence-corrected chi connectivity index (χ4v) is 3.09. The zero-order valence-electron chi connectivity index (χ0n) is 15.1. The third-order valence-corrected chi connectivity index (χ3v) is 4.86. The Kier molecular flexibility index (Phi) is 5.24. The van der Waals surface area contributed by atoms with Crippen LogP contribution in [0, 0.1) is 0 Å². The number of furan rings is 1. The molecule has 0 aromatic carbocycles. The van der Waals surface area contributed by atoms with Crippen LogP contribution in [0.4, 0.5) is 0 Å². The van der Waals surface area contributed by atoms with Gasteiger partial charge in [0.25, 0.3) is 5.91 Å². The van der Waals surface area contributed by atoms with Crippen molar-refractivity contribution < 1.29 is 13.7 Å². The van der Waals surface area contributed by atoms with E-state index in [1.807, 2.05) is 0 Å². The molecule has 2 aromatic heterocycles. The molecular weight excluding hydrogens is 320 g/mol. The van der Waals surface area contributed by atoms with Gasteiger partial charge in [-0.05, 0) is 32.5 Å². The molecule has 0 bridgehead atoms. The maximum absolute atomic E-state index is 12.4. The van der Waals surface area contributed by atoms with E-state index in [-0.39, 0.29) is 17.1 Å². The second kappa shape index (κ2) is 7.41. The molecule has 0 aliphatic carbocycles. The van der Waals surface area contributed by atoms with Crippen molar-refractivity contribution in [3.63, 3.8) is 0 Å². The van der Waals surface area contributed by atoms with E-state index in [2.05, 4.69) is 41.0 Å². The van der Waals surface area contributed by atoms with Crippen molar-refractivity contribution in [2.75, 3.05) is 39.3 Å². The predicted molar refractivity (Wildman–Crippen MR) is 94.3 cm³/mol. The van der Waals surface area contributed by atoms with Gasteiger partial charge in [-0.2, -0.15) is 0 Å². The van der Waals surface area contributed by atoms with Gasteiger partial charge in [0.2, 0.25) is 5.76 Å². The number of likely N-dealkylation sites (N-methyl/N-ethyl adjacent to an activating group) is 1. The van der Waals surface area contributed by atoms with E-state index >= 15 is 0 Å². The lowest BCUT2D eigenvalue weighted by molar-refractivity contribution is 0.0520. The molecule has 1 amide bonds. The molecule has 0 atom stereocenters. The fraction of sp³-hybridized carbons (Fsp3) is 0.556. The second-order valence-corrected chi connectivity index (χ2v) is 6.97. The van der Waals surface area contributed by atoms with E-state index in [0.717, 1.165) is 32.7 Å². The van der Waals surface area contributed by atoms with Crippen molar-refractivity contribution in [3.05, 3.63) is 30.2 Å². The topological polar surface area (TPSA) is 74.8 Å². The molecule has 1 N–H and O–H groups in total. The fourth-order valence-electron chi connectivity index (χ4n) is 3.09.